The molecular formula is C27H49N3O6. The number of Topliss-reactive ketones (excluding diaryl/α,β-unsaturated/α-hetero) is 2. The van der Waals surface area contributed by atoms with Gasteiger partial charge >= 0.3 is 6.09 Å². The van der Waals surface area contributed by atoms with Crippen LogP contribution in [0.2, 0.25) is 0 Å². The van der Waals surface area contributed by atoms with Gasteiger partial charge in [0.1, 0.15) is 11.6 Å². The van der Waals surface area contributed by atoms with Crippen molar-refractivity contribution in [2.45, 2.75) is 119 Å². The van der Waals surface area contributed by atoms with E-state index in [0.29, 0.717) is 25.8 Å². The summed E-state index contributed by atoms with van der Waals surface area (Å²) < 4.78 is 5.32. The Labute approximate surface area is 217 Å². The van der Waals surface area contributed by atoms with Crippen molar-refractivity contribution < 1.29 is 28.7 Å². The number of hydrogen-bond acceptors (Lipinski definition) is 6. The van der Waals surface area contributed by atoms with Crippen molar-refractivity contribution in [3.05, 3.63) is 0 Å². The molecule has 36 heavy (non-hydrogen) atoms. The van der Waals surface area contributed by atoms with Crippen LogP contribution in [-0.2, 0) is 23.9 Å². The zero-order valence-electron chi connectivity index (χ0n) is 24.0. The SMILES string of the molecule is CC(C)CC(CC(=O)[C@@H]1CCCN1C(=O)[C@@H](NC(=O)OC(C)(C)C)C(C)(C)C)C(=O)C(N)=O.CCC. The van der Waals surface area contributed by atoms with Crippen molar-refractivity contribution in [2.75, 3.05) is 6.54 Å². The van der Waals surface area contributed by atoms with E-state index in [9.17, 15) is 24.0 Å². The highest BCUT2D eigenvalue weighted by Gasteiger charge is 2.43. The standard InChI is InChI=1S/C24H41N3O6.C3H8/c1-14(2)12-15(18(29)20(25)30)13-17(28)16-10-9-11-27(16)21(31)19(23(3,4)5)26-22(32)33-24(6,7)8;1-3-2/h14-16,19H,9-13H2,1-8H3,(H2,25,30)(H,26,32);3H2,1-2H3/t15?,16-,19+;/m0./s1. The van der Waals surface area contributed by atoms with Crippen LogP contribution in [0.25, 0.3) is 0 Å². The Morgan fingerprint density at radius 3 is 1.97 bits per heavy atom. The quantitative estimate of drug-likeness (QED) is 0.449. The number of nitrogens with one attached hydrogen (secondary N) is 1. The van der Waals surface area contributed by atoms with Crippen LogP contribution < -0.4 is 11.1 Å². The van der Waals surface area contributed by atoms with E-state index in [4.69, 9.17) is 10.5 Å². The Bertz CT molecular complexity index is 779. The van der Waals surface area contributed by atoms with E-state index >= 15 is 0 Å². The summed E-state index contributed by atoms with van der Waals surface area (Å²) in [4.78, 5) is 64.2. The molecule has 1 aliphatic heterocycles. The van der Waals surface area contributed by atoms with Gasteiger partial charge < -0.3 is 20.7 Å². The molecule has 0 aromatic rings. The summed E-state index contributed by atoms with van der Waals surface area (Å²) >= 11 is 0. The molecule has 9 nitrogen and oxygen atoms in total. The van der Waals surface area contributed by atoms with Gasteiger partial charge in [0.25, 0.3) is 5.91 Å². The number of nitrogens with two attached hydrogens (primary N) is 1. The Morgan fingerprint density at radius 2 is 1.56 bits per heavy atom. The number of ketones is 2. The first kappa shape index (κ1) is 33.5. The lowest BCUT2D eigenvalue weighted by Gasteiger charge is -2.36. The highest BCUT2D eigenvalue weighted by Crippen LogP contribution is 2.28. The summed E-state index contributed by atoms with van der Waals surface area (Å²) in [5.41, 5.74) is 3.82. The van der Waals surface area contributed by atoms with Gasteiger partial charge in [-0.2, -0.15) is 0 Å². The van der Waals surface area contributed by atoms with E-state index in [1.165, 1.54) is 11.3 Å². The number of carbonyl (C=O) groups excluding carboxylic acids is 5. The van der Waals surface area contributed by atoms with Crippen LogP contribution in [0.5, 0.6) is 0 Å². The second kappa shape index (κ2) is 14.3. The lowest BCUT2D eigenvalue weighted by Crippen LogP contribution is -2.57. The highest BCUT2D eigenvalue weighted by atomic mass is 16.6. The van der Waals surface area contributed by atoms with Gasteiger partial charge in [0.15, 0.2) is 5.78 Å². The zero-order valence-corrected chi connectivity index (χ0v) is 24.0. The molecule has 208 valence electrons. The van der Waals surface area contributed by atoms with E-state index in [2.05, 4.69) is 19.2 Å². The molecule has 9 heteroatoms. The summed E-state index contributed by atoms with van der Waals surface area (Å²) in [5, 5.41) is 2.67. The highest BCUT2D eigenvalue weighted by molar-refractivity contribution is 6.36. The van der Waals surface area contributed by atoms with Crippen molar-refractivity contribution >= 4 is 29.5 Å². The first-order valence-electron chi connectivity index (χ1n) is 13.0. The Morgan fingerprint density at radius 1 is 1.03 bits per heavy atom. The van der Waals surface area contributed by atoms with Gasteiger partial charge in [-0.15, -0.1) is 0 Å². The van der Waals surface area contributed by atoms with Gasteiger partial charge in [-0.05, 0) is 51.4 Å². The van der Waals surface area contributed by atoms with Gasteiger partial charge in [-0.1, -0.05) is 54.9 Å². The number of primary amides is 1. The minimum atomic E-state index is -1.05. The number of hydrogen-bond donors (Lipinski definition) is 2. The smallest absolute Gasteiger partial charge is 0.408 e. The number of ether oxygens (including phenoxy) is 1. The molecule has 1 rings (SSSR count). The van der Waals surface area contributed by atoms with E-state index < -0.39 is 46.8 Å². The lowest BCUT2D eigenvalue weighted by molar-refractivity contribution is -0.143. The number of nitrogens with zero attached hydrogens (tertiary/aromatic N) is 1. The normalized spacial score (nSPS) is 17.5. The number of alkyl carbamates (subject to hydrolysis) is 1. The average Bonchev–Trinajstić information content (AvgIpc) is 3.18. The zero-order chi connectivity index (χ0) is 28.4. The number of carbonyl (C=O) groups is 5. The predicted octanol–water partition coefficient (Wildman–Crippen LogP) is 4.01. The van der Waals surface area contributed by atoms with Gasteiger partial charge in [0.2, 0.25) is 11.7 Å². The molecule has 1 saturated heterocycles. The maximum atomic E-state index is 13.5. The third-order valence-electron chi connectivity index (χ3n) is 5.50. The molecule has 1 unspecified atom stereocenters. The fourth-order valence-electron chi connectivity index (χ4n) is 4.04. The minimum Gasteiger partial charge on any atom is -0.444 e. The molecule has 1 heterocycles. The third-order valence-corrected chi connectivity index (χ3v) is 5.50. The molecule has 1 fully saturated rings. The predicted molar refractivity (Wildman–Crippen MR) is 140 cm³/mol. The Balaban J connectivity index is 0.00000387. The van der Waals surface area contributed by atoms with Crippen molar-refractivity contribution in [3.63, 3.8) is 0 Å². The number of amides is 3. The van der Waals surface area contributed by atoms with Crippen molar-refractivity contribution in [2.24, 2.45) is 23.0 Å². The van der Waals surface area contributed by atoms with Crippen LogP contribution in [0.4, 0.5) is 4.79 Å². The molecule has 1 aliphatic rings. The fraction of sp³-hybridized carbons (Fsp3) is 0.815. The number of rotatable bonds is 9. The molecule has 0 saturated carbocycles. The van der Waals surface area contributed by atoms with E-state index in [1.54, 1.807) is 20.8 Å². The molecule has 0 aromatic heterocycles. The molecule has 3 N–H and O–H groups in total. The Hall–Kier alpha value is -2.45. The molecule has 3 atom stereocenters. The molecule has 0 radical (unpaired) electrons. The monoisotopic (exact) mass is 511 g/mol. The topological polar surface area (TPSA) is 136 Å². The third kappa shape index (κ3) is 11.5. The van der Waals surface area contributed by atoms with Crippen LogP contribution in [0, 0.1) is 17.3 Å². The minimum absolute atomic E-state index is 0.0933. The van der Waals surface area contributed by atoms with Crippen molar-refractivity contribution in [3.8, 4) is 0 Å². The molecule has 0 aromatic carbocycles. The molecule has 3 amide bonds. The van der Waals surface area contributed by atoms with Gasteiger partial charge in [-0.3, -0.25) is 19.2 Å². The maximum Gasteiger partial charge on any atom is 0.408 e. The molecule has 0 bridgehead atoms. The van der Waals surface area contributed by atoms with Gasteiger partial charge in [0, 0.05) is 18.9 Å². The second-order valence-electron chi connectivity index (χ2n) is 12.1. The Kier molecular flexibility index (Phi) is 13.4. The summed E-state index contributed by atoms with van der Waals surface area (Å²) in [5.74, 6) is -3.16. The second-order valence-corrected chi connectivity index (χ2v) is 12.1. The first-order valence-corrected chi connectivity index (χ1v) is 13.0. The van der Waals surface area contributed by atoms with Crippen LogP contribution >= 0.6 is 0 Å². The average molecular weight is 512 g/mol. The molecular weight excluding hydrogens is 462 g/mol. The molecule has 0 spiro atoms. The van der Waals surface area contributed by atoms with Crippen LogP contribution in [-0.4, -0.2) is 58.6 Å². The van der Waals surface area contributed by atoms with Crippen LogP contribution in [0.1, 0.15) is 101 Å². The van der Waals surface area contributed by atoms with Crippen molar-refractivity contribution in [1.29, 1.82) is 0 Å². The van der Waals surface area contributed by atoms with Crippen LogP contribution in [0.15, 0.2) is 0 Å². The maximum absolute atomic E-state index is 13.5. The van der Waals surface area contributed by atoms with Gasteiger partial charge in [0.05, 0.1) is 6.04 Å². The first-order chi connectivity index (χ1) is 16.3. The summed E-state index contributed by atoms with van der Waals surface area (Å²) in [6.07, 6.45) is 1.85. The van der Waals surface area contributed by atoms with E-state index in [0.717, 1.165) is 0 Å². The lowest BCUT2D eigenvalue weighted by atomic mass is 9.84. The van der Waals surface area contributed by atoms with Gasteiger partial charge in [-0.25, -0.2) is 4.79 Å². The largest absolute Gasteiger partial charge is 0.444 e. The summed E-state index contributed by atoms with van der Waals surface area (Å²) in [7, 11) is 0. The summed E-state index contributed by atoms with van der Waals surface area (Å²) in [6, 6.07) is -1.61. The van der Waals surface area contributed by atoms with Crippen LogP contribution in [0.3, 0.4) is 0 Å². The van der Waals surface area contributed by atoms with E-state index in [-0.39, 0.29) is 24.0 Å². The molecule has 0 aliphatic carbocycles. The van der Waals surface area contributed by atoms with E-state index in [1.807, 2.05) is 34.6 Å². The fourth-order valence-corrected chi connectivity index (χ4v) is 4.04. The van der Waals surface area contributed by atoms with Crippen molar-refractivity contribution in [1.82, 2.24) is 10.2 Å². The summed E-state index contributed by atoms with van der Waals surface area (Å²) in [6.45, 7) is 19.1. The number of likely N-dealkylation sites (tertiary alicyclic amines) is 1.